The SMILES string of the molecule is CC(=O)OC(=O)OC(C)=O.[H-].[H-].[H-].[H-].[Li+].[Li+].[Li+].[Li+]. The Balaban J connectivity index is -0.0000000145. The Morgan fingerprint density at radius 1 is 0.786 bits per heavy atom. The first-order valence-electron chi connectivity index (χ1n) is 2.43. The van der Waals surface area contributed by atoms with Gasteiger partial charge in [0.2, 0.25) is 0 Å². The minimum Gasteiger partial charge on any atom is -1.00 e. The van der Waals surface area contributed by atoms with Gasteiger partial charge in [-0.15, -0.1) is 0 Å². The molecule has 0 aromatic carbocycles. The van der Waals surface area contributed by atoms with E-state index in [4.69, 9.17) is 0 Å². The van der Waals surface area contributed by atoms with Crippen molar-refractivity contribution in [2.75, 3.05) is 0 Å². The Kier molecular flexibility index (Phi) is 34.5. The first-order valence-corrected chi connectivity index (χ1v) is 2.43. The molecule has 0 fully saturated rings. The molecule has 0 aromatic heterocycles. The van der Waals surface area contributed by atoms with Gasteiger partial charge in [-0.3, -0.25) is 9.59 Å². The van der Waals surface area contributed by atoms with Crippen LogP contribution in [-0.4, -0.2) is 18.1 Å². The van der Waals surface area contributed by atoms with E-state index in [1.54, 1.807) is 0 Å². The van der Waals surface area contributed by atoms with E-state index in [0.717, 1.165) is 13.8 Å². The van der Waals surface area contributed by atoms with Gasteiger partial charge in [0.25, 0.3) is 0 Å². The standard InChI is InChI=1S/C5H6O5.4Li.4H/c1-3(6)9-5(8)10-4(2)7;;;;;;;;/h1-2H3;;;;;;;;/q;4*+1;4*-1. The Bertz CT molecular complexity index is 179. The monoisotopic (exact) mass is 178 g/mol. The smallest absolute Gasteiger partial charge is 1.00 e. The fourth-order valence-electron chi connectivity index (χ4n) is 0.256. The van der Waals surface area contributed by atoms with Crippen molar-refractivity contribution in [1.29, 1.82) is 0 Å². The van der Waals surface area contributed by atoms with Crippen LogP contribution in [-0.2, 0) is 19.1 Å². The molecule has 0 radical (unpaired) electrons. The van der Waals surface area contributed by atoms with Crippen molar-refractivity contribution in [3.05, 3.63) is 0 Å². The second kappa shape index (κ2) is 16.4. The van der Waals surface area contributed by atoms with Gasteiger partial charge in [-0.25, -0.2) is 4.79 Å². The van der Waals surface area contributed by atoms with Gasteiger partial charge in [0.1, 0.15) is 0 Å². The van der Waals surface area contributed by atoms with E-state index in [1.165, 1.54) is 0 Å². The van der Waals surface area contributed by atoms with E-state index in [-0.39, 0.29) is 81.1 Å². The van der Waals surface area contributed by atoms with Gasteiger partial charge in [0.15, 0.2) is 0 Å². The summed E-state index contributed by atoms with van der Waals surface area (Å²) >= 11 is 0. The molecule has 0 aliphatic heterocycles. The molecule has 0 N–H and O–H groups in total. The summed E-state index contributed by atoms with van der Waals surface area (Å²) in [6, 6.07) is 0. The van der Waals surface area contributed by atoms with Crippen LogP contribution in [0.25, 0.3) is 0 Å². The van der Waals surface area contributed by atoms with E-state index in [0.29, 0.717) is 0 Å². The predicted octanol–water partition coefficient (Wildman–Crippen LogP) is -11.3. The molecular formula is C5H10Li4O5. The maximum atomic E-state index is 10.2. The van der Waals surface area contributed by atoms with Crippen LogP contribution in [0.1, 0.15) is 19.6 Å². The number of esters is 2. The zero-order valence-corrected chi connectivity index (χ0v) is 9.54. The van der Waals surface area contributed by atoms with Crippen LogP contribution in [0, 0.1) is 0 Å². The summed E-state index contributed by atoms with van der Waals surface area (Å²) in [5.74, 6) is -1.63. The first-order chi connectivity index (χ1) is 4.52. The Labute approximate surface area is 136 Å². The summed E-state index contributed by atoms with van der Waals surface area (Å²) in [6.45, 7) is 2.06. The quantitative estimate of drug-likeness (QED) is 0.209. The summed E-state index contributed by atoms with van der Waals surface area (Å²) in [5.41, 5.74) is 0. The topological polar surface area (TPSA) is 69.7 Å². The van der Waals surface area contributed by atoms with E-state index in [9.17, 15) is 14.4 Å². The van der Waals surface area contributed by atoms with Gasteiger partial charge < -0.3 is 15.2 Å². The van der Waals surface area contributed by atoms with Crippen molar-refractivity contribution in [2.24, 2.45) is 0 Å². The third-order valence-electron chi connectivity index (χ3n) is 0.454. The molecule has 0 rings (SSSR count). The number of carbonyl (C=O) groups excluding carboxylic acids is 3. The fourth-order valence-corrected chi connectivity index (χ4v) is 0.256. The van der Waals surface area contributed by atoms with Crippen molar-refractivity contribution >= 4 is 18.1 Å². The van der Waals surface area contributed by atoms with Crippen LogP contribution < -0.4 is 75.4 Å². The van der Waals surface area contributed by atoms with E-state index < -0.39 is 18.1 Å². The predicted molar refractivity (Wildman–Crippen MR) is 33.4 cm³/mol. The molecule has 0 atom stereocenters. The third-order valence-corrected chi connectivity index (χ3v) is 0.454. The molecule has 0 aliphatic carbocycles. The fraction of sp³-hybridized carbons (Fsp3) is 0.400. The van der Waals surface area contributed by atoms with Crippen molar-refractivity contribution in [3.63, 3.8) is 0 Å². The Hall–Kier alpha value is 1.000. The van der Waals surface area contributed by atoms with E-state index in [1.807, 2.05) is 0 Å². The zero-order chi connectivity index (χ0) is 8.15. The molecule has 0 aromatic rings. The second-order valence-corrected chi connectivity index (χ2v) is 1.44. The maximum absolute atomic E-state index is 10.2. The van der Waals surface area contributed by atoms with Crippen LogP contribution in [0.15, 0.2) is 0 Å². The van der Waals surface area contributed by atoms with Gasteiger partial charge in [0, 0.05) is 13.8 Å². The van der Waals surface area contributed by atoms with Crippen LogP contribution in [0.3, 0.4) is 0 Å². The van der Waals surface area contributed by atoms with E-state index in [2.05, 4.69) is 9.47 Å². The molecular weight excluding hydrogens is 168 g/mol. The minimum atomic E-state index is -1.29. The van der Waals surface area contributed by atoms with Crippen molar-refractivity contribution in [1.82, 2.24) is 0 Å². The molecule has 0 amide bonds. The van der Waals surface area contributed by atoms with Crippen LogP contribution in [0.2, 0.25) is 0 Å². The normalized spacial score (nSPS) is 5.86. The van der Waals surface area contributed by atoms with Crippen molar-refractivity contribution < 1.29 is 105 Å². The molecule has 0 bridgehead atoms. The van der Waals surface area contributed by atoms with Gasteiger partial charge in [-0.1, -0.05) is 0 Å². The minimum absolute atomic E-state index is 0. The number of hydrogen-bond donors (Lipinski definition) is 0. The molecule has 0 spiro atoms. The van der Waals surface area contributed by atoms with Crippen LogP contribution >= 0.6 is 0 Å². The average Bonchev–Trinajstić information content (AvgIpc) is 1.58. The Morgan fingerprint density at radius 2 is 1.00 bits per heavy atom. The Morgan fingerprint density at radius 3 is 1.14 bits per heavy atom. The molecule has 0 heterocycles. The number of rotatable bonds is 0. The van der Waals surface area contributed by atoms with Gasteiger partial charge in [0.05, 0.1) is 0 Å². The maximum Gasteiger partial charge on any atom is 1.00 e. The van der Waals surface area contributed by atoms with Gasteiger partial charge in [-0.2, -0.15) is 0 Å². The molecule has 0 saturated heterocycles. The molecule has 0 unspecified atom stereocenters. The second-order valence-electron chi connectivity index (χ2n) is 1.44. The first kappa shape index (κ1) is 29.4. The molecule has 64 valence electrons. The van der Waals surface area contributed by atoms with Crippen molar-refractivity contribution in [3.8, 4) is 0 Å². The average molecular weight is 178 g/mol. The summed E-state index contributed by atoms with van der Waals surface area (Å²) < 4.78 is 7.68. The summed E-state index contributed by atoms with van der Waals surface area (Å²) in [7, 11) is 0. The number of carbonyl (C=O) groups is 3. The summed E-state index contributed by atoms with van der Waals surface area (Å²) in [6.07, 6.45) is -1.29. The van der Waals surface area contributed by atoms with Gasteiger partial charge in [-0.05, 0) is 0 Å². The summed E-state index contributed by atoms with van der Waals surface area (Å²) in [4.78, 5) is 30.2. The number of ether oxygens (including phenoxy) is 2. The third kappa shape index (κ3) is 23.1. The molecule has 0 aliphatic rings. The summed E-state index contributed by atoms with van der Waals surface area (Å²) in [5, 5.41) is 0. The molecule has 5 nitrogen and oxygen atoms in total. The molecule has 14 heavy (non-hydrogen) atoms. The molecule has 9 heteroatoms. The van der Waals surface area contributed by atoms with Crippen LogP contribution in [0.5, 0.6) is 0 Å². The van der Waals surface area contributed by atoms with E-state index >= 15 is 0 Å². The molecule has 0 saturated carbocycles. The zero-order valence-electron chi connectivity index (χ0n) is 13.5. The van der Waals surface area contributed by atoms with Crippen LogP contribution in [0.4, 0.5) is 4.79 Å². The largest absolute Gasteiger partial charge is 1.00 e. The number of hydrogen-bond acceptors (Lipinski definition) is 5. The van der Waals surface area contributed by atoms with Crippen molar-refractivity contribution in [2.45, 2.75) is 13.8 Å². The van der Waals surface area contributed by atoms with Gasteiger partial charge >= 0.3 is 93.5 Å².